The van der Waals surface area contributed by atoms with E-state index in [1.165, 1.54) is 4.18 Å². The minimum absolute atomic E-state index is 0. The Hall–Kier alpha value is 0.870. The van der Waals surface area contributed by atoms with Gasteiger partial charge in [-0.05, 0) is 0 Å². The quantitative estimate of drug-likeness (QED) is 0.557. The van der Waals surface area contributed by atoms with Crippen LogP contribution in [0.5, 0.6) is 0 Å². The Balaban J connectivity index is -0.0000000800. The summed E-state index contributed by atoms with van der Waals surface area (Å²) in [4.78, 5) is 0. The van der Waals surface area contributed by atoms with Crippen molar-refractivity contribution in [3.05, 3.63) is 0 Å². The van der Waals surface area contributed by atoms with E-state index in [0.29, 0.717) is 0 Å². The van der Waals surface area contributed by atoms with Gasteiger partial charge in [0.1, 0.15) is 0 Å². The minimum Gasteiger partial charge on any atom is -1.00 e. The number of hydrogen-bond acceptors (Lipinski definition) is 0. The number of rotatable bonds is 1. The first-order valence-corrected chi connectivity index (χ1v) is 6.31. The third-order valence-corrected chi connectivity index (χ3v) is 5.48. The van der Waals surface area contributed by atoms with Crippen LogP contribution in [0.15, 0.2) is 0 Å². The average molecular weight is 176 g/mol. The van der Waals surface area contributed by atoms with E-state index in [0.717, 1.165) is 30.3 Å². The molecule has 0 fully saturated rings. The summed E-state index contributed by atoms with van der Waals surface area (Å²) in [5.41, 5.74) is 0. The smallest absolute Gasteiger partial charge is 1.00 e. The second-order valence-corrected chi connectivity index (χ2v) is 4.13. The van der Waals surface area contributed by atoms with Gasteiger partial charge < -0.3 is 2.85 Å². The van der Waals surface area contributed by atoms with Gasteiger partial charge in [0, 0.05) is 0 Å². The summed E-state index contributed by atoms with van der Waals surface area (Å²) in [6.45, 7) is 4.55. The summed E-state index contributed by atoms with van der Waals surface area (Å²) in [6.07, 6.45) is 0. The molecule has 0 aromatic rings. The molecule has 0 N–H and O–H groups in total. The third-order valence-electron chi connectivity index (χ3n) is 0.816. The van der Waals surface area contributed by atoms with E-state index < -0.39 is 0 Å². The van der Waals surface area contributed by atoms with Crippen LogP contribution >= 0.6 is 0 Å². The largest absolute Gasteiger partial charge is 1.00 e. The first kappa shape index (κ1) is 5.87. The van der Waals surface area contributed by atoms with Crippen LogP contribution < -0.4 is 0 Å². The van der Waals surface area contributed by atoms with Crippen molar-refractivity contribution in [2.24, 2.45) is 5.92 Å². The molecule has 0 unspecified atom stereocenters. The Kier molecular flexibility index (Phi) is 3.61. The Morgan fingerprint density at radius 3 is 2.00 bits per heavy atom. The van der Waals surface area contributed by atoms with E-state index in [-0.39, 0.29) is 2.85 Å². The van der Waals surface area contributed by atoms with Gasteiger partial charge in [0.05, 0.1) is 0 Å². The van der Waals surface area contributed by atoms with Gasteiger partial charge in [-0.25, -0.2) is 0 Å². The molecule has 0 radical (unpaired) electrons. The Labute approximate surface area is 51.5 Å². The van der Waals surface area contributed by atoms with Crippen LogP contribution in [0.1, 0.15) is 16.7 Å². The second-order valence-electron chi connectivity index (χ2n) is 1.80. The van der Waals surface area contributed by atoms with Crippen molar-refractivity contribution in [3.8, 4) is 0 Å². The summed E-state index contributed by atoms with van der Waals surface area (Å²) in [6, 6.07) is 0. The second kappa shape index (κ2) is 3.08. The molecular weight excluding hydrogens is 163 g/mol. The van der Waals surface area contributed by atoms with Crippen LogP contribution in [0.3, 0.4) is 0 Å². The van der Waals surface area contributed by atoms with Crippen molar-refractivity contribution in [2.45, 2.75) is 18.0 Å². The van der Waals surface area contributed by atoms with Gasteiger partial charge in [-0.3, -0.25) is 0 Å². The standard InChI is InChI=1S/C4H9.In.4H/c1-4(2)3;;;;;/h4H,1H2,2-3H3;;;;;/q;;;;2*-1. The molecule has 0 spiro atoms. The van der Waals surface area contributed by atoms with Gasteiger partial charge in [-0.1, -0.05) is 0 Å². The van der Waals surface area contributed by atoms with Crippen LogP contribution in [-0.4, -0.2) is 24.4 Å². The fourth-order valence-electron chi connectivity index (χ4n) is 0. The molecule has 0 aromatic heterocycles. The van der Waals surface area contributed by atoms with E-state index in [9.17, 15) is 0 Å². The molecule has 0 saturated heterocycles. The van der Waals surface area contributed by atoms with Gasteiger partial charge >= 0.3 is 48.3 Å². The molecule has 0 nitrogen and oxygen atoms in total. The molecule has 5 heavy (non-hydrogen) atoms. The Morgan fingerprint density at radius 1 is 1.80 bits per heavy atom. The minimum atomic E-state index is 0. The van der Waals surface area contributed by atoms with E-state index in [2.05, 4.69) is 13.8 Å². The van der Waals surface area contributed by atoms with E-state index in [1.54, 1.807) is 0 Å². The maximum atomic E-state index is 2.27. The van der Waals surface area contributed by atoms with Crippen LogP contribution in [0.25, 0.3) is 0 Å². The predicted octanol–water partition coefficient (Wildman–Crippen LogP) is 0.919. The van der Waals surface area contributed by atoms with E-state index in [4.69, 9.17) is 0 Å². The van der Waals surface area contributed by atoms with Crippen molar-refractivity contribution < 1.29 is 2.85 Å². The van der Waals surface area contributed by atoms with Crippen LogP contribution in [0, 0.1) is 5.92 Å². The van der Waals surface area contributed by atoms with Crippen molar-refractivity contribution in [2.75, 3.05) is 0 Å². The van der Waals surface area contributed by atoms with Crippen molar-refractivity contribution in [1.29, 1.82) is 0 Å². The van der Waals surface area contributed by atoms with Crippen LogP contribution in [0.4, 0.5) is 0 Å². The molecule has 34 valence electrons. The average Bonchev–Trinajstić information content (AvgIpc) is 1.38. The Morgan fingerprint density at radius 2 is 2.00 bits per heavy atom. The fourth-order valence-corrected chi connectivity index (χ4v) is 0. The first-order chi connectivity index (χ1) is 2.27. The first-order valence-electron chi connectivity index (χ1n) is 2.27. The summed E-state index contributed by atoms with van der Waals surface area (Å²) in [5.74, 6) is 0.978. The van der Waals surface area contributed by atoms with E-state index in [1.807, 2.05) is 0 Å². The zero-order chi connectivity index (χ0) is 4.28. The van der Waals surface area contributed by atoms with Gasteiger partial charge in [0.15, 0.2) is 0 Å². The molecule has 0 amide bonds. The molecule has 0 rings (SSSR count). The van der Waals surface area contributed by atoms with E-state index >= 15 is 0 Å². The maximum absolute atomic E-state index is 2.27. The predicted molar refractivity (Wildman–Crippen MR) is 30.4 cm³/mol. The summed E-state index contributed by atoms with van der Waals surface area (Å²) >= 11 is 0.951. The Bertz CT molecular complexity index is 23.7. The summed E-state index contributed by atoms with van der Waals surface area (Å²) in [5, 5.41) is 0. The zero-order valence-electron chi connectivity index (χ0n) is 6.28. The molecule has 0 bridgehead atoms. The molecule has 0 saturated carbocycles. The summed E-state index contributed by atoms with van der Waals surface area (Å²) < 4.78 is 1.52. The van der Waals surface area contributed by atoms with Crippen molar-refractivity contribution in [1.82, 2.24) is 0 Å². The topological polar surface area (TPSA) is 0 Å². The molecule has 0 aliphatic heterocycles. The molecule has 0 atom stereocenters. The monoisotopic (exact) mass is 176 g/mol. The van der Waals surface area contributed by atoms with Gasteiger partial charge in [-0.2, -0.15) is 0 Å². The SMILES string of the molecule is CC(C)[CH2][InH2].[H-].[H-]. The zero-order valence-corrected chi connectivity index (χ0v) is 9.99. The maximum Gasteiger partial charge on any atom is -1.00 e. The molecular formula is C4H13In-2. The summed E-state index contributed by atoms with van der Waals surface area (Å²) in [7, 11) is 0. The van der Waals surface area contributed by atoms with Crippen molar-refractivity contribution in [3.63, 3.8) is 0 Å². The molecule has 1 heteroatoms. The molecule has 0 aliphatic rings. The van der Waals surface area contributed by atoms with Crippen LogP contribution in [-0.2, 0) is 0 Å². The normalized spacial score (nSPS) is 9.40. The van der Waals surface area contributed by atoms with Crippen LogP contribution in [0.2, 0.25) is 4.18 Å². The van der Waals surface area contributed by atoms with Crippen molar-refractivity contribution >= 4 is 24.4 Å². The van der Waals surface area contributed by atoms with Gasteiger partial charge in [-0.15, -0.1) is 0 Å². The fraction of sp³-hybridized carbons (Fsp3) is 1.00. The third kappa shape index (κ3) is 4.87. The van der Waals surface area contributed by atoms with Gasteiger partial charge in [0.25, 0.3) is 0 Å². The molecule has 0 aliphatic carbocycles. The molecule has 0 heterocycles. The molecule has 0 aromatic carbocycles. The van der Waals surface area contributed by atoms with Gasteiger partial charge in [0.2, 0.25) is 0 Å². The number of hydrogen-bond donors (Lipinski definition) is 0.